The van der Waals surface area contributed by atoms with E-state index in [1.54, 1.807) is 47.5 Å². The third-order valence-corrected chi connectivity index (χ3v) is 5.60. The van der Waals surface area contributed by atoms with Crippen molar-refractivity contribution in [1.82, 2.24) is 19.9 Å². The number of hydrogen-bond acceptors (Lipinski definition) is 7. The topological polar surface area (TPSA) is 136 Å². The number of ether oxygens (including phenoxy) is 1. The number of anilines is 2. The molecule has 2 aromatic heterocycles. The van der Waals surface area contributed by atoms with E-state index in [2.05, 4.69) is 25.7 Å². The van der Waals surface area contributed by atoms with Gasteiger partial charge in [0.25, 0.3) is 5.91 Å². The van der Waals surface area contributed by atoms with Gasteiger partial charge < -0.3 is 21.1 Å². The second-order valence-electron chi connectivity index (χ2n) is 7.65. The minimum atomic E-state index is -0.363. The van der Waals surface area contributed by atoms with Gasteiger partial charge in [-0.2, -0.15) is 5.10 Å². The fourth-order valence-corrected chi connectivity index (χ4v) is 3.85. The van der Waals surface area contributed by atoms with Gasteiger partial charge in [-0.25, -0.2) is 9.50 Å². The van der Waals surface area contributed by atoms with Gasteiger partial charge in [0.05, 0.1) is 24.9 Å². The van der Waals surface area contributed by atoms with Gasteiger partial charge in [0.15, 0.2) is 5.65 Å². The summed E-state index contributed by atoms with van der Waals surface area (Å²) in [7, 11) is 1.49. The maximum absolute atomic E-state index is 13.0. The normalized spacial score (nSPS) is 18.5. The first-order valence-electron chi connectivity index (χ1n) is 10.4. The third kappa shape index (κ3) is 4.53. The van der Waals surface area contributed by atoms with E-state index >= 15 is 0 Å². The summed E-state index contributed by atoms with van der Waals surface area (Å²) >= 11 is 0. The molecule has 2 amide bonds. The summed E-state index contributed by atoms with van der Waals surface area (Å²) in [6, 6.07) is 5.42. The lowest BCUT2D eigenvalue weighted by Gasteiger charge is -2.25. The average molecular weight is 435 g/mol. The number of nitrogen functional groups attached to an aromatic ring is 1. The molecule has 1 aliphatic rings. The number of carbonyl (C=O) groups excluding carboxylic acids is 2. The Morgan fingerprint density at radius 2 is 2.12 bits per heavy atom. The first kappa shape index (κ1) is 21.3. The number of fused-ring (bicyclic) bond motifs is 1. The number of amides is 2. The Labute approximate surface area is 184 Å². The highest BCUT2D eigenvalue weighted by molar-refractivity contribution is 6.09. The molecule has 0 spiro atoms. The summed E-state index contributed by atoms with van der Waals surface area (Å²) in [6.07, 6.45) is 10.9. The lowest BCUT2D eigenvalue weighted by Crippen LogP contribution is -2.33. The Hall–Kier alpha value is -3.95. The highest BCUT2D eigenvalue weighted by Gasteiger charge is 2.20. The van der Waals surface area contributed by atoms with Gasteiger partial charge in [0, 0.05) is 42.0 Å². The zero-order valence-electron chi connectivity index (χ0n) is 17.7. The Balaban J connectivity index is 1.53. The van der Waals surface area contributed by atoms with Crippen LogP contribution in [-0.4, -0.2) is 52.3 Å². The predicted octanol–water partition coefficient (Wildman–Crippen LogP) is 2.05. The van der Waals surface area contributed by atoms with Crippen molar-refractivity contribution in [2.45, 2.75) is 37.8 Å². The SMILES string of the molecule is COc1cc(N)c(C=NC2CCC(NC=O)CC2)cc1C(=O)Nc1cnn2cccnc12. The number of nitrogens with one attached hydrogen (secondary N) is 2. The molecule has 10 heteroatoms. The number of carbonyl (C=O) groups is 2. The molecule has 0 unspecified atom stereocenters. The van der Waals surface area contributed by atoms with Crippen LogP contribution in [0.5, 0.6) is 5.75 Å². The summed E-state index contributed by atoms with van der Waals surface area (Å²) < 4.78 is 6.96. The molecular weight excluding hydrogens is 410 g/mol. The maximum Gasteiger partial charge on any atom is 0.259 e. The summed E-state index contributed by atoms with van der Waals surface area (Å²) in [5, 5.41) is 9.85. The molecule has 1 aromatic carbocycles. The zero-order valence-corrected chi connectivity index (χ0v) is 17.7. The number of aromatic nitrogens is 3. The molecule has 4 rings (SSSR count). The van der Waals surface area contributed by atoms with Gasteiger partial charge in [-0.1, -0.05) is 0 Å². The molecule has 0 atom stereocenters. The van der Waals surface area contributed by atoms with Gasteiger partial charge in [0.1, 0.15) is 11.4 Å². The van der Waals surface area contributed by atoms with Crippen LogP contribution >= 0.6 is 0 Å². The summed E-state index contributed by atoms with van der Waals surface area (Å²) in [5.41, 5.74) is 8.65. The molecule has 10 nitrogen and oxygen atoms in total. The van der Waals surface area contributed by atoms with Gasteiger partial charge in [0.2, 0.25) is 6.41 Å². The Kier molecular flexibility index (Phi) is 6.29. The first-order valence-corrected chi connectivity index (χ1v) is 10.4. The van der Waals surface area contributed by atoms with Crippen molar-refractivity contribution in [1.29, 1.82) is 0 Å². The van der Waals surface area contributed by atoms with E-state index < -0.39 is 0 Å². The minimum Gasteiger partial charge on any atom is -0.496 e. The number of benzene rings is 1. The Bertz CT molecular complexity index is 1150. The summed E-state index contributed by atoms with van der Waals surface area (Å²) in [6.45, 7) is 0. The van der Waals surface area contributed by atoms with E-state index in [1.165, 1.54) is 7.11 Å². The molecule has 0 radical (unpaired) electrons. The molecule has 2 heterocycles. The third-order valence-electron chi connectivity index (χ3n) is 5.60. The summed E-state index contributed by atoms with van der Waals surface area (Å²) in [5.74, 6) is -0.000438. The van der Waals surface area contributed by atoms with E-state index in [0.717, 1.165) is 32.1 Å². The molecular formula is C22H25N7O3. The number of nitrogens with two attached hydrogens (primary N) is 1. The smallest absolute Gasteiger partial charge is 0.259 e. The standard InChI is InChI=1S/C22H25N7O3/c1-32-20-10-18(23)14(11-25-15-3-5-16(6-4-15)26-13-30)9-17(20)22(31)28-19-12-27-29-8-2-7-24-21(19)29/h2,7-13,15-16H,3-6,23H2,1H3,(H,26,30)(H,28,31). The average Bonchev–Trinajstić information content (AvgIpc) is 3.22. The molecule has 3 aromatic rings. The van der Waals surface area contributed by atoms with Crippen molar-refractivity contribution in [2.24, 2.45) is 4.99 Å². The molecule has 1 fully saturated rings. The van der Waals surface area contributed by atoms with Crippen LogP contribution < -0.4 is 21.1 Å². The van der Waals surface area contributed by atoms with Crippen LogP contribution in [0.2, 0.25) is 0 Å². The Morgan fingerprint density at radius 1 is 1.31 bits per heavy atom. The van der Waals surface area contributed by atoms with Crippen LogP contribution in [0.3, 0.4) is 0 Å². The van der Waals surface area contributed by atoms with Crippen LogP contribution in [0.25, 0.3) is 5.65 Å². The number of aliphatic imine (C=N–C) groups is 1. The molecule has 0 bridgehead atoms. The number of methoxy groups -OCH3 is 1. The van der Waals surface area contributed by atoms with Gasteiger partial charge >= 0.3 is 0 Å². The van der Waals surface area contributed by atoms with E-state index in [9.17, 15) is 9.59 Å². The predicted molar refractivity (Wildman–Crippen MR) is 121 cm³/mol. The van der Waals surface area contributed by atoms with Gasteiger partial charge in [-0.3, -0.25) is 14.6 Å². The highest BCUT2D eigenvalue weighted by atomic mass is 16.5. The zero-order chi connectivity index (χ0) is 22.5. The maximum atomic E-state index is 13.0. The van der Waals surface area contributed by atoms with Crippen molar-refractivity contribution in [3.05, 3.63) is 47.9 Å². The van der Waals surface area contributed by atoms with Crippen LogP contribution in [0.15, 0.2) is 41.8 Å². The fraction of sp³-hybridized carbons (Fsp3) is 0.318. The molecule has 0 saturated heterocycles. The molecule has 32 heavy (non-hydrogen) atoms. The van der Waals surface area contributed by atoms with Crippen molar-refractivity contribution in [3.8, 4) is 5.75 Å². The van der Waals surface area contributed by atoms with E-state index in [1.807, 2.05) is 0 Å². The Morgan fingerprint density at radius 3 is 2.88 bits per heavy atom. The first-order chi connectivity index (χ1) is 15.6. The fourth-order valence-electron chi connectivity index (χ4n) is 3.85. The quantitative estimate of drug-likeness (QED) is 0.295. The van der Waals surface area contributed by atoms with Gasteiger partial charge in [-0.05, 0) is 37.8 Å². The lowest BCUT2D eigenvalue weighted by atomic mass is 9.91. The molecule has 166 valence electrons. The molecule has 4 N–H and O–H groups in total. The van der Waals surface area contributed by atoms with Crippen molar-refractivity contribution < 1.29 is 14.3 Å². The van der Waals surface area contributed by atoms with E-state index in [-0.39, 0.29) is 18.0 Å². The van der Waals surface area contributed by atoms with E-state index in [0.29, 0.717) is 33.9 Å². The largest absolute Gasteiger partial charge is 0.496 e. The van der Waals surface area contributed by atoms with Crippen LogP contribution in [0, 0.1) is 0 Å². The number of rotatable bonds is 7. The van der Waals surface area contributed by atoms with Gasteiger partial charge in [-0.15, -0.1) is 0 Å². The molecule has 1 saturated carbocycles. The van der Waals surface area contributed by atoms with E-state index in [4.69, 9.17) is 10.5 Å². The van der Waals surface area contributed by atoms with Crippen molar-refractivity contribution in [3.63, 3.8) is 0 Å². The molecule has 0 aliphatic heterocycles. The summed E-state index contributed by atoms with van der Waals surface area (Å²) in [4.78, 5) is 32.5. The number of nitrogens with zero attached hydrogens (tertiary/aromatic N) is 4. The monoisotopic (exact) mass is 435 g/mol. The lowest BCUT2D eigenvalue weighted by molar-refractivity contribution is -0.110. The molecule has 1 aliphatic carbocycles. The van der Waals surface area contributed by atoms with Crippen LogP contribution in [0.1, 0.15) is 41.6 Å². The van der Waals surface area contributed by atoms with Crippen molar-refractivity contribution >= 4 is 35.6 Å². The van der Waals surface area contributed by atoms with Crippen LogP contribution in [-0.2, 0) is 4.79 Å². The second-order valence-corrected chi connectivity index (χ2v) is 7.65. The van der Waals surface area contributed by atoms with Crippen molar-refractivity contribution in [2.75, 3.05) is 18.2 Å². The second kappa shape index (κ2) is 9.46. The highest BCUT2D eigenvalue weighted by Crippen LogP contribution is 2.27. The number of hydrogen-bond donors (Lipinski definition) is 3. The van der Waals surface area contributed by atoms with Crippen LogP contribution in [0.4, 0.5) is 11.4 Å². The minimum absolute atomic E-state index is 0.156.